The predicted molar refractivity (Wildman–Crippen MR) is 72.0 cm³/mol. The molecule has 5 heteroatoms. The van der Waals surface area contributed by atoms with Crippen LogP contribution in [0.15, 0.2) is 30.3 Å². The summed E-state index contributed by atoms with van der Waals surface area (Å²) >= 11 is 6.05. The second kappa shape index (κ2) is 5.48. The number of tetrazole rings is 1. The first-order valence-corrected chi connectivity index (χ1v) is 6.60. The Kier molecular flexibility index (Phi) is 3.97. The summed E-state index contributed by atoms with van der Waals surface area (Å²) in [6.45, 7) is 4.29. The fourth-order valence-electron chi connectivity index (χ4n) is 1.73. The van der Waals surface area contributed by atoms with Crippen LogP contribution in [-0.2, 0) is 6.42 Å². The van der Waals surface area contributed by atoms with Crippen molar-refractivity contribution in [1.29, 1.82) is 0 Å². The van der Waals surface area contributed by atoms with E-state index >= 15 is 0 Å². The van der Waals surface area contributed by atoms with Gasteiger partial charge in [-0.25, -0.2) is 0 Å². The van der Waals surface area contributed by atoms with Crippen LogP contribution in [0.25, 0.3) is 5.69 Å². The van der Waals surface area contributed by atoms with Crippen LogP contribution < -0.4 is 0 Å². The maximum atomic E-state index is 6.05. The Balaban J connectivity index is 2.29. The molecule has 0 radical (unpaired) electrons. The molecular formula is C13H17ClN4. The number of hydrogen-bond donors (Lipinski definition) is 0. The second-order valence-corrected chi connectivity index (χ2v) is 5.08. The van der Waals surface area contributed by atoms with Crippen molar-refractivity contribution >= 4 is 11.6 Å². The average Bonchev–Trinajstić information content (AvgIpc) is 2.87. The van der Waals surface area contributed by atoms with Gasteiger partial charge in [0, 0.05) is 12.3 Å². The Hall–Kier alpha value is -1.42. The molecule has 1 aromatic carbocycles. The molecule has 0 bridgehead atoms. The van der Waals surface area contributed by atoms with Crippen LogP contribution >= 0.6 is 11.6 Å². The van der Waals surface area contributed by atoms with E-state index in [1.807, 2.05) is 30.3 Å². The molecule has 0 aliphatic carbocycles. The van der Waals surface area contributed by atoms with Gasteiger partial charge in [-0.3, -0.25) is 0 Å². The second-order valence-electron chi connectivity index (χ2n) is 4.82. The normalized spacial score (nSPS) is 14.4. The molecule has 2 aromatic rings. The van der Waals surface area contributed by atoms with Crippen LogP contribution in [-0.4, -0.2) is 26.1 Å². The Morgan fingerprint density at radius 2 is 2.00 bits per heavy atom. The van der Waals surface area contributed by atoms with Gasteiger partial charge in [-0.05, 0) is 34.4 Å². The van der Waals surface area contributed by atoms with Crippen molar-refractivity contribution in [2.45, 2.75) is 26.7 Å². The number of benzene rings is 1. The summed E-state index contributed by atoms with van der Waals surface area (Å²) in [7, 11) is 0. The molecule has 0 fully saturated rings. The van der Waals surface area contributed by atoms with Gasteiger partial charge in [-0.15, -0.1) is 16.7 Å². The molecule has 0 saturated carbocycles. The first-order chi connectivity index (χ1) is 8.68. The highest BCUT2D eigenvalue weighted by Gasteiger charge is 2.25. The third-order valence-corrected chi connectivity index (χ3v) is 3.94. The van der Waals surface area contributed by atoms with Crippen molar-refractivity contribution in [2.24, 2.45) is 5.41 Å². The van der Waals surface area contributed by atoms with E-state index in [0.29, 0.717) is 5.88 Å². The lowest BCUT2D eigenvalue weighted by Crippen LogP contribution is -2.23. The first-order valence-electron chi connectivity index (χ1n) is 6.07. The van der Waals surface area contributed by atoms with E-state index in [1.54, 1.807) is 4.68 Å². The number of nitrogens with zero attached hydrogens (tertiary/aromatic N) is 4. The lowest BCUT2D eigenvalue weighted by atomic mass is 9.86. The fourth-order valence-corrected chi connectivity index (χ4v) is 2.02. The maximum Gasteiger partial charge on any atom is 0.157 e. The van der Waals surface area contributed by atoms with Gasteiger partial charge in [0.1, 0.15) is 0 Å². The molecule has 18 heavy (non-hydrogen) atoms. The monoisotopic (exact) mass is 264 g/mol. The predicted octanol–water partition coefficient (Wildman–Crippen LogP) is 2.86. The average molecular weight is 265 g/mol. The molecule has 0 amide bonds. The Morgan fingerprint density at radius 3 is 2.61 bits per heavy atom. The van der Waals surface area contributed by atoms with Gasteiger partial charge in [-0.2, -0.15) is 4.68 Å². The van der Waals surface area contributed by atoms with E-state index in [2.05, 4.69) is 29.4 Å². The molecule has 1 aromatic heterocycles. The van der Waals surface area contributed by atoms with Crippen molar-refractivity contribution in [3.8, 4) is 5.69 Å². The molecule has 0 N–H and O–H groups in total. The highest BCUT2D eigenvalue weighted by Crippen LogP contribution is 2.27. The van der Waals surface area contributed by atoms with E-state index < -0.39 is 0 Å². The van der Waals surface area contributed by atoms with E-state index in [-0.39, 0.29) is 5.41 Å². The van der Waals surface area contributed by atoms with Crippen molar-refractivity contribution in [3.63, 3.8) is 0 Å². The number of hydrogen-bond acceptors (Lipinski definition) is 3. The molecule has 1 unspecified atom stereocenters. The molecular weight excluding hydrogens is 248 g/mol. The van der Waals surface area contributed by atoms with Gasteiger partial charge >= 0.3 is 0 Å². The summed E-state index contributed by atoms with van der Waals surface area (Å²) in [4.78, 5) is 0. The Bertz CT molecular complexity index is 491. The standard InChI is InChI=1S/C13H17ClN4/c1-3-13(2,10-14)9-12-15-16-17-18(12)11-7-5-4-6-8-11/h4-8H,3,9-10H2,1-2H3. The molecule has 0 aliphatic rings. The molecule has 4 nitrogen and oxygen atoms in total. The molecule has 2 rings (SSSR count). The summed E-state index contributed by atoms with van der Waals surface area (Å²) in [6, 6.07) is 9.90. The third-order valence-electron chi connectivity index (χ3n) is 3.30. The Labute approximate surface area is 112 Å². The smallest absolute Gasteiger partial charge is 0.157 e. The number of aromatic nitrogens is 4. The topological polar surface area (TPSA) is 43.6 Å². The largest absolute Gasteiger partial charge is 0.197 e. The number of rotatable bonds is 5. The van der Waals surface area contributed by atoms with E-state index in [1.165, 1.54) is 0 Å². The van der Waals surface area contributed by atoms with Crippen LogP contribution in [0.2, 0.25) is 0 Å². The van der Waals surface area contributed by atoms with E-state index in [4.69, 9.17) is 11.6 Å². The SMILES string of the molecule is CCC(C)(CCl)Cc1nnnn1-c1ccccc1. The van der Waals surface area contributed by atoms with Crippen LogP contribution in [0, 0.1) is 5.41 Å². The summed E-state index contributed by atoms with van der Waals surface area (Å²) < 4.78 is 1.78. The van der Waals surface area contributed by atoms with Crippen LogP contribution in [0.3, 0.4) is 0 Å². The quantitative estimate of drug-likeness (QED) is 0.780. The lowest BCUT2D eigenvalue weighted by Gasteiger charge is -2.24. The van der Waals surface area contributed by atoms with Crippen LogP contribution in [0.4, 0.5) is 0 Å². The van der Waals surface area contributed by atoms with Gasteiger partial charge in [0.2, 0.25) is 0 Å². The van der Waals surface area contributed by atoms with Crippen molar-refractivity contribution in [3.05, 3.63) is 36.2 Å². The summed E-state index contributed by atoms with van der Waals surface area (Å²) in [5, 5.41) is 11.9. The summed E-state index contributed by atoms with van der Waals surface area (Å²) in [5.74, 6) is 1.46. The Morgan fingerprint density at radius 1 is 1.28 bits per heavy atom. The zero-order chi connectivity index (χ0) is 13.0. The molecule has 0 aliphatic heterocycles. The van der Waals surface area contributed by atoms with E-state index in [0.717, 1.165) is 24.4 Å². The molecule has 0 saturated heterocycles. The number of para-hydroxylation sites is 1. The van der Waals surface area contributed by atoms with Gasteiger partial charge in [0.25, 0.3) is 0 Å². The summed E-state index contributed by atoms with van der Waals surface area (Å²) in [6.07, 6.45) is 1.77. The third kappa shape index (κ3) is 2.70. The molecule has 1 heterocycles. The van der Waals surface area contributed by atoms with Gasteiger partial charge in [0.05, 0.1) is 5.69 Å². The first kappa shape index (κ1) is 13.0. The number of alkyl halides is 1. The van der Waals surface area contributed by atoms with Crippen molar-refractivity contribution < 1.29 is 0 Å². The molecule has 1 atom stereocenters. The van der Waals surface area contributed by atoms with E-state index in [9.17, 15) is 0 Å². The molecule has 96 valence electrons. The zero-order valence-corrected chi connectivity index (χ0v) is 11.4. The van der Waals surface area contributed by atoms with Crippen molar-refractivity contribution in [1.82, 2.24) is 20.2 Å². The van der Waals surface area contributed by atoms with Gasteiger partial charge in [0.15, 0.2) is 5.82 Å². The zero-order valence-electron chi connectivity index (χ0n) is 10.7. The minimum Gasteiger partial charge on any atom is -0.197 e. The highest BCUT2D eigenvalue weighted by molar-refractivity contribution is 6.18. The van der Waals surface area contributed by atoms with Crippen LogP contribution in [0.1, 0.15) is 26.1 Å². The van der Waals surface area contributed by atoms with Gasteiger partial charge in [-0.1, -0.05) is 32.0 Å². The minimum atomic E-state index is 0.0306. The maximum absolute atomic E-state index is 6.05. The minimum absolute atomic E-state index is 0.0306. The van der Waals surface area contributed by atoms with Crippen molar-refractivity contribution in [2.75, 3.05) is 5.88 Å². The summed E-state index contributed by atoms with van der Waals surface area (Å²) in [5.41, 5.74) is 1.01. The highest BCUT2D eigenvalue weighted by atomic mass is 35.5. The number of halogens is 1. The van der Waals surface area contributed by atoms with Gasteiger partial charge < -0.3 is 0 Å². The fraction of sp³-hybridized carbons (Fsp3) is 0.462. The van der Waals surface area contributed by atoms with Crippen LogP contribution in [0.5, 0.6) is 0 Å². The molecule has 0 spiro atoms. The lowest BCUT2D eigenvalue weighted by molar-refractivity contribution is 0.344.